The van der Waals surface area contributed by atoms with E-state index in [0.717, 1.165) is 18.8 Å². The maximum Gasteiger partial charge on any atom is 0.303 e. The number of aliphatic carboxylic acids is 1. The summed E-state index contributed by atoms with van der Waals surface area (Å²) in [5, 5.41) is 8.44. The van der Waals surface area contributed by atoms with E-state index in [1.54, 1.807) is 0 Å². The average molecular weight is 226 g/mol. The monoisotopic (exact) mass is 226 g/mol. The molecule has 0 heterocycles. The Bertz CT molecular complexity index is 229. The summed E-state index contributed by atoms with van der Waals surface area (Å²) in [6, 6.07) is 0. The normalized spacial score (nSPS) is 17.2. The van der Waals surface area contributed by atoms with Crippen LogP contribution in [0.3, 0.4) is 0 Å². The molecule has 3 heteroatoms. The van der Waals surface area contributed by atoms with Crippen molar-refractivity contribution in [1.82, 2.24) is 0 Å². The Morgan fingerprint density at radius 2 is 1.69 bits per heavy atom. The Kier molecular flexibility index (Phi) is 6.12. The minimum Gasteiger partial charge on any atom is -0.481 e. The first kappa shape index (κ1) is 13.2. The maximum absolute atomic E-state index is 11.3. The molecule has 0 saturated heterocycles. The molecule has 92 valence electrons. The number of carbonyl (C=O) groups is 2. The second kappa shape index (κ2) is 7.42. The second-order valence-electron chi connectivity index (χ2n) is 4.83. The molecule has 0 aliphatic heterocycles. The molecule has 0 aromatic rings. The van der Waals surface area contributed by atoms with Gasteiger partial charge in [0, 0.05) is 12.8 Å². The highest BCUT2D eigenvalue weighted by Gasteiger charge is 2.13. The van der Waals surface area contributed by atoms with Crippen LogP contribution in [0.4, 0.5) is 0 Å². The SMILES string of the molecule is O=C(O)CCC(=O)CCCC1CCCCC1. The van der Waals surface area contributed by atoms with Crippen molar-refractivity contribution in [2.75, 3.05) is 0 Å². The number of hydrogen-bond acceptors (Lipinski definition) is 2. The molecule has 0 atom stereocenters. The van der Waals surface area contributed by atoms with Gasteiger partial charge >= 0.3 is 5.97 Å². The second-order valence-corrected chi connectivity index (χ2v) is 4.83. The third-order valence-corrected chi connectivity index (χ3v) is 3.41. The number of rotatable bonds is 7. The number of carboxylic acid groups (broad SMARTS) is 1. The topological polar surface area (TPSA) is 54.4 Å². The van der Waals surface area contributed by atoms with Gasteiger partial charge < -0.3 is 5.11 Å². The Hall–Kier alpha value is -0.860. The summed E-state index contributed by atoms with van der Waals surface area (Å²) in [5.41, 5.74) is 0. The van der Waals surface area contributed by atoms with Gasteiger partial charge in [-0.1, -0.05) is 38.5 Å². The predicted octanol–water partition coefficient (Wildman–Crippen LogP) is 3.17. The minimum absolute atomic E-state index is 0.0116. The van der Waals surface area contributed by atoms with Crippen LogP contribution in [0.2, 0.25) is 0 Å². The first-order valence-corrected chi connectivity index (χ1v) is 6.42. The van der Waals surface area contributed by atoms with Gasteiger partial charge in [0.1, 0.15) is 5.78 Å². The molecule has 0 aromatic carbocycles. The lowest BCUT2D eigenvalue weighted by Crippen LogP contribution is -2.08. The molecule has 1 N–H and O–H groups in total. The van der Waals surface area contributed by atoms with Crippen LogP contribution in [0, 0.1) is 5.92 Å². The van der Waals surface area contributed by atoms with Crippen molar-refractivity contribution in [1.29, 1.82) is 0 Å². The van der Waals surface area contributed by atoms with Crippen LogP contribution in [0.1, 0.15) is 64.2 Å². The summed E-state index contributed by atoms with van der Waals surface area (Å²) in [7, 11) is 0. The van der Waals surface area contributed by atoms with Crippen molar-refractivity contribution in [3.8, 4) is 0 Å². The maximum atomic E-state index is 11.3. The summed E-state index contributed by atoms with van der Waals surface area (Å²) in [6.07, 6.45) is 9.57. The summed E-state index contributed by atoms with van der Waals surface area (Å²) in [4.78, 5) is 21.6. The largest absolute Gasteiger partial charge is 0.481 e. The van der Waals surface area contributed by atoms with E-state index in [2.05, 4.69) is 0 Å². The van der Waals surface area contributed by atoms with E-state index >= 15 is 0 Å². The molecule has 16 heavy (non-hydrogen) atoms. The predicted molar refractivity (Wildman–Crippen MR) is 62.3 cm³/mol. The fourth-order valence-corrected chi connectivity index (χ4v) is 2.44. The smallest absolute Gasteiger partial charge is 0.303 e. The summed E-state index contributed by atoms with van der Waals surface area (Å²) < 4.78 is 0. The van der Waals surface area contributed by atoms with E-state index in [9.17, 15) is 9.59 Å². The lowest BCUT2D eigenvalue weighted by Gasteiger charge is -2.20. The van der Waals surface area contributed by atoms with Gasteiger partial charge in [0.15, 0.2) is 0 Å². The van der Waals surface area contributed by atoms with E-state index < -0.39 is 5.97 Å². The highest BCUT2D eigenvalue weighted by atomic mass is 16.4. The van der Waals surface area contributed by atoms with Gasteiger partial charge in [-0.3, -0.25) is 9.59 Å². The Balaban J connectivity index is 2.01. The molecule has 1 aliphatic carbocycles. The number of carbonyl (C=O) groups excluding carboxylic acids is 1. The summed E-state index contributed by atoms with van der Waals surface area (Å²) >= 11 is 0. The molecule has 0 radical (unpaired) electrons. The van der Waals surface area contributed by atoms with Crippen molar-refractivity contribution in [2.24, 2.45) is 5.92 Å². The zero-order valence-electron chi connectivity index (χ0n) is 9.91. The molecule has 0 amide bonds. The number of ketones is 1. The highest BCUT2D eigenvalue weighted by molar-refractivity contribution is 5.82. The van der Waals surface area contributed by atoms with Gasteiger partial charge in [-0.25, -0.2) is 0 Å². The average Bonchev–Trinajstić information content (AvgIpc) is 2.28. The molecule has 1 rings (SSSR count). The van der Waals surface area contributed by atoms with Crippen molar-refractivity contribution in [3.05, 3.63) is 0 Å². The van der Waals surface area contributed by atoms with Crippen LogP contribution < -0.4 is 0 Å². The number of carboxylic acids is 1. The van der Waals surface area contributed by atoms with Crippen LogP contribution in [0.5, 0.6) is 0 Å². The van der Waals surface area contributed by atoms with Crippen LogP contribution in [-0.2, 0) is 9.59 Å². The fraction of sp³-hybridized carbons (Fsp3) is 0.846. The zero-order chi connectivity index (χ0) is 11.8. The fourth-order valence-electron chi connectivity index (χ4n) is 2.44. The first-order chi connectivity index (χ1) is 7.68. The molecular formula is C13H22O3. The van der Waals surface area contributed by atoms with E-state index in [0.29, 0.717) is 6.42 Å². The Morgan fingerprint density at radius 1 is 1.00 bits per heavy atom. The van der Waals surface area contributed by atoms with Crippen molar-refractivity contribution < 1.29 is 14.7 Å². The van der Waals surface area contributed by atoms with E-state index in [-0.39, 0.29) is 18.6 Å². The van der Waals surface area contributed by atoms with Crippen LogP contribution in [-0.4, -0.2) is 16.9 Å². The van der Waals surface area contributed by atoms with Crippen LogP contribution in [0.15, 0.2) is 0 Å². The van der Waals surface area contributed by atoms with Crippen molar-refractivity contribution in [2.45, 2.75) is 64.2 Å². The molecule has 0 spiro atoms. The number of Topliss-reactive ketones (excluding diaryl/α,β-unsaturated/α-hetero) is 1. The summed E-state index contributed by atoms with van der Waals surface area (Å²) in [5.74, 6) is 0.0554. The quantitative estimate of drug-likeness (QED) is 0.725. The lowest BCUT2D eigenvalue weighted by atomic mass is 9.85. The molecule has 0 unspecified atom stereocenters. The van der Waals surface area contributed by atoms with E-state index in [1.165, 1.54) is 32.1 Å². The molecule has 0 aromatic heterocycles. The Labute approximate surface area is 97.2 Å². The van der Waals surface area contributed by atoms with Gasteiger partial charge in [-0.2, -0.15) is 0 Å². The molecule has 0 bridgehead atoms. The minimum atomic E-state index is -0.874. The standard InChI is InChI=1S/C13H22O3/c14-12(9-10-13(15)16)8-4-7-11-5-2-1-3-6-11/h11H,1-10H2,(H,15,16). The third kappa shape index (κ3) is 5.89. The van der Waals surface area contributed by atoms with Crippen molar-refractivity contribution >= 4 is 11.8 Å². The van der Waals surface area contributed by atoms with Gasteiger partial charge in [0.05, 0.1) is 6.42 Å². The van der Waals surface area contributed by atoms with E-state index in [1.807, 2.05) is 0 Å². The Morgan fingerprint density at radius 3 is 2.31 bits per heavy atom. The van der Waals surface area contributed by atoms with Gasteiger partial charge in [-0.15, -0.1) is 0 Å². The van der Waals surface area contributed by atoms with Crippen LogP contribution >= 0.6 is 0 Å². The van der Waals surface area contributed by atoms with Gasteiger partial charge in [0.2, 0.25) is 0 Å². The lowest BCUT2D eigenvalue weighted by molar-refractivity contribution is -0.138. The molecule has 1 fully saturated rings. The summed E-state index contributed by atoms with van der Waals surface area (Å²) in [6.45, 7) is 0. The zero-order valence-corrected chi connectivity index (χ0v) is 9.91. The molecular weight excluding hydrogens is 204 g/mol. The third-order valence-electron chi connectivity index (χ3n) is 3.41. The van der Waals surface area contributed by atoms with Gasteiger partial charge in [-0.05, 0) is 12.3 Å². The molecule has 1 aliphatic rings. The molecule has 1 saturated carbocycles. The highest BCUT2D eigenvalue weighted by Crippen LogP contribution is 2.27. The van der Waals surface area contributed by atoms with E-state index in [4.69, 9.17) is 5.11 Å². The molecule has 3 nitrogen and oxygen atoms in total. The van der Waals surface area contributed by atoms with Crippen LogP contribution in [0.25, 0.3) is 0 Å². The number of hydrogen-bond donors (Lipinski definition) is 1. The van der Waals surface area contributed by atoms with Crippen molar-refractivity contribution in [3.63, 3.8) is 0 Å². The first-order valence-electron chi connectivity index (χ1n) is 6.42. The van der Waals surface area contributed by atoms with Gasteiger partial charge in [0.25, 0.3) is 0 Å².